The van der Waals surface area contributed by atoms with Crippen LogP contribution in [0.1, 0.15) is 26.3 Å². The summed E-state index contributed by atoms with van der Waals surface area (Å²) in [5, 5.41) is 0. The fourth-order valence-electron chi connectivity index (χ4n) is 2.84. The van der Waals surface area contributed by atoms with Crippen molar-refractivity contribution in [3.8, 4) is 11.5 Å². The summed E-state index contributed by atoms with van der Waals surface area (Å²) in [5.41, 5.74) is 6.69. The van der Waals surface area contributed by atoms with E-state index in [0.29, 0.717) is 29.2 Å². The Morgan fingerprint density at radius 1 is 0.839 bits per heavy atom. The number of nitrogens with one attached hydrogen (secondary N) is 2. The number of hydrazine groups is 1. The number of benzene rings is 3. The number of amides is 2. The smallest absolute Gasteiger partial charge is 0.273 e. The molecular formula is C25H24N2O4. The van der Waals surface area contributed by atoms with E-state index < -0.39 is 11.8 Å². The van der Waals surface area contributed by atoms with Crippen molar-refractivity contribution in [3.05, 3.63) is 108 Å². The predicted molar refractivity (Wildman–Crippen MR) is 119 cm³/mol. The van der Waals surface area contributed by atoms with Crippen molar-refractivity contribution >= 4 is 11.8 Å². The summed E-state index contributed by atoms with van der Waals surface area (Å²) in [6, 6.07) is 23.6. The van der Waals surface area contributed by atoms with Crippen molar-refractivity contribution in [2.24, 2.45) is 0 Å². The average Bonchev–Trinajstić information content (AvgIpc) is 2.82. The molecule has 3 aromatic carbocycles. The molecule has 6 nitrogen and oxygen atoms in total. The zero-order chi connectivity index (χ0) is 21.9. The molecule has 158 valence electrons. The zero-order valence-electron chi connectivity index (χ0n) is 17.0. The molecular weight excluding hydrogens is 392 g/mol. The van der Waals surface area contributed by atoms with Gasteiger partial charge in [0.25, 0.3) is 11.8 Å². The Balaban J connectivity index is 1.54. The molecule has 6 heteroatoms. The number of para-hydroxylation sites is 1. The Morgan fingerprint density at radius 3 is 2.39 bits per heavy atom. The van der Waals surface area contributed by atoms with Gasteiger partial charge in [0.05, 0.1) is 12.2 Å². The lowest BCUT2D eigenvalue weighted by Crippen LogP contribution is -2.41. The van der Waals surface area contributed by atoms with Crippen molar-refractivity contribution in [1.29, 1.82) is 0 Å². The molecule has 0 aliphatic rings. The molecule has 2 amide bonds. The molecule has 0 aliphatic heterocycles. The molecule has 0 radical (unpaired) electrons. The number of ether oxygens (including phenoxy) is 2. The van der Waals surface area contributed by atoms with Crippen LogP contribution in [0.4, 0.5) is 0 Å². The van der Waals surface area contributed by atoms with Crippen molar-refractivity contribution in [2.45, 2.75) is 6.42 Å². The van der Waals surface area contributed by atoms with E-state index in [0.717, 1.165) is 6.42 Å². The summed E-state index contributed by atoms with van der Waals surface area (Å²) in [7, 11) is 0. The van der Waals surface area contributed by atoms with Gasteiger partial charge in [0, 0.05) is 12.0 Å². The van der Waals surface area contributed by atoms with Crippen LogP contribution >= 0.6 is 0 Å². The number of carbonyl (C=O) groups excluding carboxylic acids is 2. The topological polar surface area (TPSA) is 76.7 Å². The summed E-state index contributed by atoms with van der Waals surface area (Å²) in [6.45, 7) is 4.36. The summed E-state index contributed by atoms with van der Waals surface area (Å²) < 4.78 is 11.2. The minimum Gasteiger partial charge on any atom is -0.493 e. The fraction of sp³-hybridized carbons (Fsp3) is 0.120. The third kappa shape index (κ3) is 6.47. The maximum absolute atomic E-state index is 12.5. The van der Waals surface area contributed by atoms with E-state index >= 15 is 0 Å². The van der Waals surface area contributed by atoms with Crippen LogP contribution < -0.4 is 20.3 Å². The second kappa shape index (κ2) is 11.2. The molecule has 0 spiro atoms. The molecule has 0 saturated heterocycles. The first-order valence-electron chi connectivity index (χ1n) is 9.87. The van der Waals surface area contributed by atoms with Gasteiger partial charge in [0.2, 0.25) is 0 Å². The Morgan fingerprint density at radius 2 is 1.58 bits per heavy atom. The number of rotatable bonds is 9. The lowest BCUT2D eigenvalue weighted by molar-refractivity contribution is 0.0844. The molecule has 0 aromatic heterocycles. The standard InChI is InChI=1S/C25H24N2O4/c1-2-16-31-23-14-7-6-13-22(23)25(29)27-26-24(28)20-11-8-12-21(18-20)30-17-15-19-9-4-3-5-10-19/h2-14,18H,1,15-17H2,(H,26,28)(H,27,29). The van der Waals surface area contributed by atoms with Gasteiger partial charge < -0.3 is 9.47 Å². The highest BCUT2D eigenvalue weighted by molar-refractivity contribution is 6.00. The Hall–Kier alpha value is -4.06. The van der Waals surface area contributed by atoms with E-state index in [-0.39, 0.29) is 6.61 Å². The maximum Gasteiger partial charge on any atom is 0.273 e. The van der Waals surface area contributed by atoms with Crippen molar-refractivity contribution in [2.75, 3.05) is 13.2 Å². The summed E-state index contributed by atoms with van der Waals surface area (Å²) >= 11 is 0. The van der Waals surface area contributed by atoms with Crippen LogP contribution in [0.2, 0.25) is 0 Å². The minimum atomic E-state index is -0.483. The highest BCUT2D eigenvalue weighted by Gasteiger charge is 2.14. The highest BCUT2D eigenvalue weighted by atomic mass is 16.5. The van der Waals surface area contributed by atoms with E-state index in [1.807, 2.05) is 30.3 Å². The van der Waals surface area contributed by atoms with Crippen molar-refractivity contribution < 1.29 is 19.1 Å². The van der Waals surface area contributed by atoms with E-state index in [4.69, 9.17) is 9.47 Å². The van der Waals surface area contributed by atoms with Gasteiger partial charge in [-0.25, -0.2) is 0 Å². The Kier molecular flexibility index (Phi) is 7.83. The first-order chi connectivity index (χ1) is 15.2. The first-order valence-corrected chi connectivity index (χ1v) is 9.87. The third-order valence-electron chi connectivity index (χ3n) is 4.38. The quantitative estimate of drug-likeness (QED) is 0.409. The van der Waals surface area contributed by atoms with Crippen LogP contribution in [0.15, 0.2) is 91.5 Å². The zero-order valence-corrected chi connectivity index (χ0v) is 17.0. The molecule has 31 heavy (non-hydrogen) atoms. The molecule has 0 aliphatic carbocycles. The SMILES string of the molecule is C=CCOc1ccccc1C(=O)NNC(=O)c1cccc(OCCc2ccccc2)c1. The summed E-state index contributed by atoms with van der Waals surface area (Å²) in [5.74, 6) is 0.0515. The van der Waals surface area contributed by atoms with Gasteiger partial charge in [0.1, 0.15) is 18.1 Å². The molecule has 0 fully saturated rings. The molecule has 0 heterocycles. The second-order valence-electron chi connectivity index (χ2n) is 6.62. The van der Waals surface area contributed by atoms with Crippen molar-refractivity contribution in [1.82, 2.24) is 10.9 Å². The van der Waals surface area contributed by atoms with Crippen LogP contribution in [0.5, 0.6) is 11.5 Å². The van der Waals surface area contributed by atoms with Gasteiger partial charge in [-0.2, -0.15) is 0 Å². The van der Waals surface area contributed by atoms with Crippen molar-refractivity contribution in [3.63, 3.8) is 0 Å². The van der Waals surface area contributed by atoms with E-state index in [1.54, 1.807) is 54.6 Å². The fourth-order valence-corrected chi connectivity index (χ4v) is 2.84. The minimum absolute atomic E-state index is 0.272. The van der Waals surface area contributed by atoms with Gasteiger partial charge in [-0.05, 0) is 35.9 Å². The number of hydrogen-bond acceptors (Lipinski definition) is 4. The first kappa shape index (κ1) is 21.6. The van der Waals surface area contributed by atoms with E-state index in [1.165, 1.54) is 5.56 Å². The van der Waals surface area contributed by atoms with Gasteiger partial charge in [-0.15, -0.1) is 0 Å². The van der Waals surface area contributed by atoms with Gasteiger partial charge in [0.15, 0.2) is 0 Å². The molecule has 3 rings (SSSR count). The van der Waals surface area contributed by atoms with Crippen LogP contribution in [0.3, 0.4) is 0 Å². The Labute approximate surface area is 181 Å². The van der Waals surface area contributed by atoms with Crippen LogP contribution in [0.25, 0.3) is 0 Å². The van der Waals surface area contributed by atoms with Crippen LogP contribution in [-0.2, 0) is 6.42 Å². The van der Waals surface area contributed by atoms with Gasteiger partial charge in [-0.3, -0.25) is 20.4 Å². The molecule has 0 saturated carbocycles. The van der Waals surface area contributed by atoms with Crippen LogP contribution in [0, 0.1) is 0 Å². The molecule has 0 bridgehead atoms. The lowest BCUT2D eigenvalue weighted by atomic mass is 10.2. The molecule has 2 N–H and O–H groups in total. The van der Waals surface area contributed by atoms with Gasteiger partial charge >= 0.3 is 0 Å². The normalized spacial score (nSPS) is 10.1. The monoisotopic (exact) mass is 416 g/mol. The highest BCUT2D eigenvalue weighted by Crippen LogP contribution is 2.18. The van der Waals surface area contributed by atoms with E-state index in [2.05, 4.69) is 17.4 Å². The third-order valence-corrected chi connectivity index (χ3v) is 4.38. The van der Waals surface area contributed by atoms with E-state index in [9.17, 15) is 9.59 Å². The predicted octanol–water partition coefficient (Wildman–Crippen LogP) is 3.95. The maximum atomic E-state index is 12.5. The summed E-state index contributed by atoms with van der Waals surface area (Å²) in [4.78, 5) is 24.9. The second-order valence-corrected chi connectivity index (χ2v) is 6.62. The molecule has 0 unspecified atom stereocenters. The average molecular weight is 416 g/mol. The Bertz CT molecular complexity index is 1030. The van der Waals surface area contributed by atoms with Gasteiger partial charge in [-0.1, -0.05) is 61.2 Å². The summed E-state index contributed by atoms with van der Waals surface area (Å²) in [6.07, 6.45) is 2.35. The molecule has 3 aromatic rings. The lowest BCUT2D eigenvalue weighted by Gasteiger charge is -2.12. The largest absolute Gasteiger partial charge is 0.493 e. The molecule has 0 atom stereocenters. The van der Waals surface area contributed by atoms with Crippen LogP contribution in [-0.4, -0.2) is 25.0 Å². The number of hydrogen-bond donors (Lipinski definition) is 2. The number of carbonyl (C=O) groups is 2.